The van der Waals surface area contributed by atoms with Gasteiger partial charge >= 0.3 is 11.9 Å². The Morgan fingerprint density at radius 1 is 0.732 bits per heavy atom. The first-order valence-corrected chi connectivity index (χ1v) is 13.9. The highest BCUT2D eigenvalue weighted by molar-refractivity contribution is 5.92. The van der Waals surface area contributed by atoms with Crippen molar-refractivity contribution in [3.8, 4) is 0 Å². The van der Waals surface area contributed by atoms with Gasteiger partial charge in [0.15, 0.2) is 0 Å². The molecule has 0 unspecified atom stereocenters. The minimum absolute atomic E-state index is 0.0811. The zero-order valence-electron chi connectivity index (χ0n) is 23.5. The summed E-state index contributed by atoms with van der Waals surface area (Å²) in [5, 5.41) is 23.3. The van der Waals surface area contributed by atoms with Gasteiger partial charge in [-0.3, -0.25) is 20.2 Å². The highest BCUT2D eigenvalue weighted by Crippen LogP contribution is 2.36. The van der Waals surface area contributed by atoms with Gasteiger partial charge in [-0.15, -0.1) is 0 Å². The van der Waals surface area contributed by atoms with Crippen molar-refractivity contribution < 1.29 is 28.9 Å². The lowest BCUT2D eigenvalue weighted by molar-refractivity contribution is -0.384. The van der Waals surface area contributed by atoms with Crippen molar-refractivity contribution in [1.29, 1.82) is 0 Å². The van der Waals surface area contributed by atoms with E-state index in [1.165, 1.54) is 26.4 Å². The average Bonchev–Trinajstić information content (AvgIpc) is 3.00. The third kappa shape index (κ3) is 7.11. The normalized spacial score (nSPS) is 16.3. The lowest BCUT2D eigenvalue weighted by Crippen LogP contribution is -2.35. The summed E-state index contributed by atoms with van der Waals surface area (Å²) in [4.78, 5) is 50.1. The average molecular weight is 569 g/mol. The zero-order chi connectivity index (χ0) is 29.5. The molecule has 0 N–H and O–H groups in total. The summed E-state index contributed by atoms with van der Waals surface area (Å²) in [6, 6.07) is 8.99. The Labute approximate surface area is 238 Å². The van der Waals surface area contributed by atoms with Gasteiger partial charge in [-0.2, -0.15) is 0 Å². The Balaban J connectivity index is 1.23. The largest absolute Gasteiger partial charge is 0.465 e. The van der Waals surface area contributed by atoms with Crippen LogP contribution in [0.2, 0.25) is 0 Å². The number of benzene rings is 2. The van der Waals surface area contributed by atoms with Crippen molar-refractivity contribution in [3.63, 3.8) is 0 Å². The Kier molecular flexibility index (Phi) is 9.74. The fraction of sp³-hybridized carbons (Fsp3) is 0.517. The van der Waals surface area contributed by atoms with E-state index in [-0.39, 0.29) is 22.5 Å². The van der Waals surface area contributed by atoms with E-state index in [0.29, 0.717) is 23.2 Å². The highest BCUT2D eigenvalue weighted by Gasteiger charge is 2.28. The highest BCUT2D eigenvalue weighted by atomic mass is 16.6. The number of esters is 2. The molecule has 0 atom stereocenters. The quantitative estimate of drug-likeness (QED) is 0.208. The van der Waals surface area contributed by atoms with E-state index in [1.54, 1.807) is 24.3 Å². The molecule has 0 aliphatic carbocycles. The number of piperidine rings is 2. The van der Waals surface area contributed by atoms with Gasteiger partial charge in [-0.1, -0.05) is 19.3 Å². The van der Waals surface area contributed by atoms with Gasteiger partial charge in [-0.05, 0) is 61.8 Å². The van der Waals surface area contributed by atoms with Crippen LogP contribution in [0.5, 0.6) is 0 Å². The van der Waals surface area contributed by atoms with E-state index in [4.69, 9.17) is 0 Å². The Morgan fingerprint density at radius 2 is 1.10 bits per heavy atom. The summed E-state index contributed by atoms with van der Waals surface area (Å²) in [5.74, 6) is -0.0642. The molecule has 12 nitrogen and oxygen atoms in total. The number of nitro groups is 2. The van der Waals surface area contributed by atoms with E-state index in [1.807, 2.05) is 9.80 Å². The van der Waals surface area contributed by atoms with Crippen molar-refractivity contribution in [1.82, 2.24) is 0 Å². The summed E-state index contributed by atoms with van der Waals surface area (Å²) in [7, 11) is 2.50. The van der Waals surface area contributed by atoms with Crippen molar-refractivity contribution in [3.05, 3.63) is 67.8 Å². The lowest BCUT2D eigenvalue weighted by Gasteiger charge is -2.35. The van der Waals surface area contributed by atoms with Gasteiger partial charge < -0.3 is 19.3 Å². The van der Waals surface area contributed by atoms with Crippen molar-refractivity contribution in [2.45, 2.75) is 44.9 Å². The van der Waals surface area contributed by atoms with Crippen LogP contribution in [0.4, 0.5) is 22.7 Å². The van der Waals surface area contributed by atoms with E-state index in [9.17, 15) is 29.8 Å². The van der Waals surface area contributed by atoms with Crippen molar-refractivity contribution >= 4 is 34.7 Å². The molecule has 2 aliphatic heterocycles. The first kappa shape index (κ1) is 29.8. The van der Waals surface area contributed by atoms with E-state index in [2.05, 4.69) is 9.47 Å². The summed E-state index contributed by atoms with van der Waals surface area (Å²) in [6.45, 7) is 2.92. The summed E-state index contributed by atoms with van der Waals surface area (Å²) >= 11 is 0. The standard InChI is InChI=1S/C29H36N4O8/c1-40-28(34)22-6-8-24(26(18-22)32(36)37)30-14-10-20(11-15-30)4-3-5-21-12-16-31(17-13-21)25-9-7-23(29(35)41-2)19-27(25)33(38)39/h6-9,18-21H,3-5,10-17H2,1-2H3. The maximum atomic E-state index is 11.8. The number of carbonyl (C=O) groups is 2. The van der Waals surface area contributed by atoms with Gasteiger partial charge in [0.1, 0.15) is 11.4 Å². The number of ether oxygens (including phenoxy) is 2. The molecule has 0 aromatic heterocycles. The summed E-state index contributed by atoms with van der Waals surface area (Å²) < 4.78 is 9.38. The third-order valence-electron chi connectivity index (χ3n) is 8.32. The molecule has 220 valence electrons. The first-order chi connectivity index (χ1) is 19.7. The van der Waals surface area contributed by atoms with Gasteiger partial charge in [0.2, 0.25) is 0 Å². The molecular weight excluding hydrogens is 532 g/mol. The minimum atomic E-state index is -0.598. The van der Waals surface area contributed by atoms with Gasteiger partial charge in [0, 0.05) is 38.3 Å². The summed E-state index contributed by atoms with van der Waals surface area (Å²) in [6.07, 6.45) is 7.16. The first-order valence-electron chi connectivity index (χ1n) is 13.9. The number of anilines is 2. The predicted octanol–water partition coefficient (Wildman–Crippen LogP) is 5.38. The molecule has 41 heavy (non-hydrogen) atoms. The van der Waals surface area contributed by atoms with Crippen LogP contribution in [-0.2, 0) is 9.47 Å². The second-order valence-electron chi connectivity index (χ2n) is 10.7. The molecule has 0 bridgehead atoms. The van der Waals surface area contributed by atoms with E-state index in [0.717, 1.165) is 71.1 Å². The number of carbonyl (C=O) groups excluding carboxylic acids is 2. The zero-order valence-corrected chi connectivity index (χ0v) is 23.5. The Bertz CT molecular complexity index is 1190. The molecule has 2 aromatic rings. The molecule has 0 amide bonds. The van der Waals surface area contributed by atoms with E-state index < -0.39 is 21.8 Å². The van der Waals surface area contributed by atoms with Gasteiger partial charge in [0.05, 0.1) is 35.2 Å². The third-order valence-corrected chi connectivity index (χ3v) is 8.32. The number of methoxy groups -OCH3 is 2. The van der Waals surface area contributed by atoms with Crippen LogP contribution < -0.4 is 9.80 Å². The number of hydrogen-bond donors (Lipinski definition) is 0. The van der Waals surface area contributed by atoms with Gasteiger partial charge in [0.25, 0.3) is 11.4 Å². The molecular formula is C29H36N4O8. The molecule has 4 rings (SSSR count). The molecule has 2 aliphatic rings. The van der Waals surface area contributed by atoms with Crippen molar-refractivity contribution in [2.24, 2.45) is 11.8 Å². The summed E-state index contributed by atoms with van der Waals surface area (Å²) in [5.41, 5.74) is 1.24. The van der Waals surface area contributed by atoms with Crippen LogP contribution in [-0.4, -0.2) is 62.2 Å². The molecule has 2 heterocycles. The molecule has 2 aromatic carbocycles. The second kappa shape index (κ2) is 13.4. The number of hydrogen-bond acceptors (Lipinski definition) is 10. The predicted molar refractivity (Wildman–Crippen MR) is 153 cm³/mol. The van der Waals surface area contributed by atoms with Crippen LogP contribution >= 0.6 is 0 Å². The molecule has 12 heteroatoms. The lowest BCUT2D eigenvalue weighted by atomic mass is 9.86. The molecule has 2 fully saturated rings. The maximum Gasteiger partial charge on any atom is 0.338 e. The van der Waals surface area contributed by atoms with Crippen LogP contribution in [0.3, 0.4) is 0 Å². The van der Waals surface area contributed by atoms with E-state index >= 15 is 0 Å². The number of nitro benzene ring substituents is 2. The number of rotatable bonds is 10. The fourth-order valence-corrected chi connectivity index (χ4v) is 5.98. The molecule has 0 radical (unpaired) electrons. The van der Waals surface area contributed by atoms with Crippen molar-refractivity contribution in [2.75, 3.05) is 50.2 Å². The van der Waals surface area contributed by atoms with Gasteiger partial charge in [-0.25, -0.2) is 9.59 Å². The number of nitrogens with zero attached hydrogens (tertiary/aromatic N) is 4. The maximum absolute atomic E-state index is 11.8. The molecule has 2 saturated heterocycles. The monoisotopic (exact) mass is 568 g/mol. The Morgan fingerprint density at radius 3 is 1.41 bits per heavy atom. The minimum Gasteiger partial charge on any atom is -0.465 e. The molecule has 0 saturated carbocycles. The fourth-order valence-electron chi connectivity index (χ4n) is 5.98. The molecule has 0 spiro atoms. The Hall–Kier alpha value is -4.22. The topological polar surface area (TPSA) is 145 Å². The van der Waals surface area contributed by atoms with Crippen LogP contribution in [0.15, 0.2) is 36.4 Å². The SMILES string of the molecule is COC(=O)c1ccc(N2CCC(CCCC3CCN(c4ccc(C(=O)OC)cc4[N+](=O)[O-])CC3)CC2)c([N+](=O)[O-])c1. The second-order valence-corrected chi connectivity index (χ2v) is 10.7. The van der Waals surface area contributed by atoms with Crippen LogP contribution in [0.1, 0.15) is 65.7 Å². The smallest absolute Gasteiger partial charge is 0.338 e. The van der Waals surface area contributed by atoms with Crippen LogP contribution in [0.25, 0.3) is 0 Å². The van der Waals surface area contributed by atoms with Crippen LogP contribution in [0, 0.1) is 32.1 Å².